The Bertz CT molecular complexity index is 311. The fourth-order valence-corrected chi connectivity index (χ4v) is 0.971. The lowest BCUT2D eigenvalue weighted by atomic mass is 10.1. The van der Waals surface area contributed by atoms with Crippen LogP contribution in [-0.4, -0.2) is 17.2 Å². The molecule has 14 heavy (non-hydrogen) atoms. The summed E-state index contributed by atoms with van der Waals surface area (Å²) < 4.78 is 0. The summed E-state index contributed by atoms with van der Waals surface area (Å²) in [6, 6.07) is 5.25. The van der Waals surface area contributed by atoms with Gasteiger partial charge < -0.3 is 10.1 Å². The van der Waals surface area contributed by atoms with Crippen LogP contribution in [0.5, 0.6) is 0 Å². The number of aldehydes is 1. The number of hydrogen-bond donors (Lipinski definition) is 1. The Morgan fingerprint density at radius 3 is 3.00 bits per heavy atom. The zero-order chi connectivity index (χ0) is 10.4. The van der Waals surface area contributed by atoms with Crippen molar-refractivity contribution in [3.8, 4) is 0 Å². The van der Waals surface area contributed by atoms with Crippen molar-refractivity contribution >= 4 is 18.0 Å². The zero-order valence-electron chi connectivity index (χ0n) is 7.93. The summed E-state index contributed by atoms with van der Waals surface area (Å²) in [5, 5.41) is 2.60. The summed E-state index contributed by atoms with van der Waals surface area (Å²) in [5.74, 6) is 0.0672. The number of carbonyl (C=O) groups excluding carboxylic acids is 2. The van der Waals surface area contributed by atoms with E-state index in [4.69, 9.17) is 0 Å². The van der Waals surface area contributed by atoms with Gasteiger partial charge in [0.15, 0.2) is 0 Å². The molecule has 0 spiro atoms. The SMILES string of the molecule is CC(C=O)CC(=O)Nc1ccccn1. The summed E-state index contributed by atoms with van der Waals surface area (Å²) >= 11 is 0. The van der Waals surface area contributed by atoms with Gasteiger partial charge in [0, 0.05) is 18.5 Å². The minimum Gasteiger partial charge on any atom is -0.311 e. The molecule has 1 unspecified atom stereocenters. The first-order valence-electron chi connectivity index (χ1n) is 4.38. The van der Waals surface area contributed by atoms with Crippen molar-refractivity contribution in [1.29, 1.82) is 0 Å². The van der Waals surface area contributed by atoms with Gasteiger partial charge >= 0.3 is 0 Å². The molecule has 1 atom stereocenters. The van der Waals surface area contributed by atoms with Crippen molar-refractivity contribution in [2.24, 2.45) is 5.92 Å². The van der Waals surface area contributed by atoms with Crippen LogP contribution >= 0.6 is 0 Å². The first-order chi connectivity index (χ1) is 6.72. The number of anilines is 1. The highest BCUT2D eigenvalue weighted by Gasteiger charge is 2.07. The molecule has 1 aromatic rings. The van der Waals surface area contributed by atoms with Crippen molar-refractivity contribution in [2.45, 2.75) is 13.3 Å². The summed E-state index contributed by atoms with van der Waals surface area (Å²) in [6.07, 6.45) is 2.55. The van der Waals surface area contributed by atoms with E-state index in [1.807, 2.05) is 0 Å². The second-order valence-corrected chi connectivity index (χ2v) is 3.08. The Hall–Kier alpha value is -1.71. The first kappa shape index (κ1) is 10.4. The van der Waals surface area contributed by atoms with Crippen LogP contribution in [0, 0.1) is 5.92 Å². The van der Waals surface area contributed by atoms with Crippen LogP contribution < -0.4 is 5.32 Å². The van der Waals surface area contributed by atoms with E-state index in [-0.39, 0.29) is 18.2 Å². The predicted molar refractivity (Wildman–Crippen MR) is 52.7 cm³/mol. The lowest BCUT2D eigenvalue weighted by Gasteiger charge is -2.04. The molecule has 0 aliphatic rings. The number of hydrogen-bond acceptors (Lipinski definition) is 3. The number of nitrogens with zero attached hydrogens (tertiary/aromatic N) is 1. The number of nitrogens with one attached hydrogen (secondary N) is 1. The van der Waals surface area contributed by atoms with Crippen LogP contribution in [0.25, 0.3) is 0 Å². The Labute approximate surface area is 82.3 Å². The van der Waals surface area contributed by atoms with E-state index in [9.17, 15) is 9.59 Å². The van der Waals surface area contributed by atoms with Gasteiger partial charge in [-0.2, -0.15) is 0 Å². The summed E-state index contributed by atoms with van der Waals surface area (Å²) in [7, 11) is 0. The highest BCUT2D eigenvalue weighted by atomic mass is 16.1. The van der Waals surface area contributed by atoms with E-state index >= 15 is 0 Å². The second-order valence-electron chi connectivity index (χ2n) is 3.08. The summed E-state index contributed by atoms with van der Waals surface area (Å²) in [5.41, 5.74) is 0. The molecule has 0 saturated carbocycles. The van der Waals surface area contributed by atoms with Gasteiger partial charge in [-0.05, 0) is 12.1 Å². The number of rotatable bonds is 4. The molecule has 74 valence electrons. The quantitative estimate of drug-likeness (QED) is 0.730. The normalized spacial score (nSPS) is 11.8. The minimum atomic E-state index is -0.251. The maximum Gasteiger partial charge on any atom is 0.226 e. The van der Waals surface area contributed by atoms with E-state index in [1.165, 1.54) is 0 Å². The highest BCUT2D eigenvalue weighted by Crippen LogP contribution is 2.03. The third-order valence-corrected chi connectivity index (χ3v) is 1.67. The zero-order valence-corrected chi connectivity index (χ0v) is 7.93. The van der Waals surface area contributed by atoms with Crippen molar-refractivity contribution in [3.05, 3.63) is 24.4 Å². The number of amides is 1. The molecule has 1 rings (SSSR count). The Balaban J connectivity index is 2.46. The molecule has 1 heterocycles. The molecule has 0 aliphatic carbocycles. The molecular weight excluding hydrogens is 180 g/mol. The monoisotopic (exact) mass is 192 g/mol. The third kappa shape index (κ3) is 3.35. The Kier molecular flexibility index (Phi) is 3.79. The van der Waals surface area contributed by atoms with Gasteiger partial charge in [0.1, 0.15) is 12.1 Å². The summed E-state index contributed by atoms with van der Waals surface area (Å²) in [4.78, 5) is 25.5. The van der Waals surface area contributed by atoms with Crippen LogP contribution in [0.4, 0.5) is 5.82 Å². The van der Waals surface area contributed by atoms with Crippen molar-refractivity contribution < 1.29 is 9.59 Å². The average molecular weight is 192 g/mol. The fraction of sp³-hybridized carbons (Fsp3) is 0.300. The van der Waals surface area contributed by atoms with Crippen molar-refractivity contribution in [1.82, 2.24) is 4.98 Å². The van der Waals surface area contributed by atoms with Gasteiger partial charge in [-0.15, -0.1) is 0 Å². The van der Waals surface area contributed by atoms with Crippen LogP contribution in [0.15, 0.2) is 24.4 Å². The standard InChI is InChI=1S/C10H12N2O2/c1-8(7-13)6-10(14)12-9-4-2-3-5-11-9/h2-5,7-8H,6H2,1H3,(H,11,12,14). The van der Waals surface area contributed by atoms with Gasteiger partial charge in [0.25, 0.3) is 0 Å². The van der Waals surface area contributed by atoms with E-state index in [0.717, 1.165) is 6.29 Å². The lowest BCUT2D eigenvalue weighted by molar-refractivity contribution is -0.120. The third-order valence-electron chi connectivity index (χ3n) is 1.67. The molecule has 0 aliphatic heterocycles. The summed E-state index contributed by atoms with van der Waals surface area (Å²) in [6.45, 7) is 1.70. The predicted octanol–water partition coefficient (Wildman–Crippen LogP) is 1.25. The van der Waals surface area contributed by atoms with Crippen molar-refractivity contribution in [3.63, 3.8) is 0 Å². The maximum atomic E-state index is 11.3. The molecule has 0 aromatic carbocycles. The molecule has 4 nitrogen and oxygen atoms in total. The largest absolute Gasteiger partial charge is 0.311 e. The topological polar surface area (TPSA) is 59.1 Å². The number of carbonyl (C=O) groups is 2. The van der Waals surface area contributed by atoms with Crippen LogP contribution in [-0.2, 0) is 9.59 Å². The highest BCUT2D eigenvalue weighted by molar-refractivity contribution is 5.91. The molecule has 1 amide bonds. The van der Waals surface area contributed by atoms with Crippen LogP contribution in [0.3, 0.4) is 0 Å². The van der Waals surface area contributed by atoms with Crippen LogP contribution in [0.1, 0.15) is 13.3 Å². The molecule has 0 radical (unpaired) electrons. The molecule has 0 saturated heterocycles. The van der Waals surface area contributed by atoms with E-state index in [0.29, 0.717) is 5.82 Å². The molecule has 0 bridgehead atoms. The maximum absolute atomic E-state index is 11.3. The van der Waals surface area contributed by atoms with Crippen molar-refractivity contribution in [2.75, 3.05) is 5.32 Å². The second kappa shape index (κ2) is 5.11. The van der Waals surface area contributed by atoms with Gasteiger partial charge in [-0.3, -0.25) is 4.79 Å². The lowest BCUT2D eigenvalue weighted by Crippen LogP contribution is -2.16. The molecular formula is C10H12N2O2. The first-order valence-corrected chi connectivity index (χ1v) is 4.38. The average Bonchev–Trinajstić information content (AvgIpc) is 2.19. The minimum absolute atomic E-state index is 0.191. The Morgan fingerprint density at radius 2 is 2.43 bits per heavy atom. The van der Waals surface area contributed by atoms with Crippen LogP contribution in [0.2, 0.25) is 0 Å². The van der Waals surface area contributed by atoms with Gasteiger partial charge in [0.05, 0.1) is 0 Å². The van der Waals surface area contributed by atoms with Gasteiger partial charge in [-0.1, -0.05) is 13.0 Å². The van der Waals surface area contributed by atoms with Gasteiger partial charge in [0.2, 0.25) is 5.91 Å². The Morgan fingerprint density at radius 1 is 1.64 bits per heavy atom. The van der Waals surface area contributed by atoms with E-state index in [1.54, 1.807) is 31.3 Å². The molecule has 4 heteroatoms. The smallest absolute Gasteiger partial charge is 0.226 e. The molecule has 1 N–H and O–H groups in total. The van der Waals surface area contributed by atoms with E-state index in [2.05, 4.69) is 10.3 Å². The van der Waals surface area contributed by atoms with E-state index < -0.39 is 0 Å². The van der Waals surface area contributed by atoms with Gasteiger partial charge in [-0.25, -0.2) is 4.98 Å². The molecule has 0 fully saturated rings. The number of aromatic nitrogens is 1. The molecule has 1 aromatic heterocycles. The number of pyridine rings is 1. The fourth-order valence-electron chi connectivity index (χ4n) is 0.971.